The molecule has 2 heteroatoms. The average molecular weight is 231 g/mol. The smallest absolute Gasteiger partial charge is 0.0515 e. The van der Waals surface area contributed by atoms with Crippen LogP contribution in [0.4, 0.5) is 5.69 Å². The molecule has 0 aliphatic carbocycles. The highest BCUT2D eigenvalue weighted by Crippen LogP contribution is 2.25. The van der Waals surface area contributed by atoms with Crippen LogP contribution in [0.2, 0.25) is 0 Å². The summed E-state index contributed by atoms with van der Waals surface area (Å²) in [5, 5.41) is 3.22. The van der Waals surface area contributed by atoms with Gasteiger partial charge in [0.25, 0.3) is 0 Å². The Bertz CT molecular complexity index is 255. The molecule has 1 aliphatic heterocycles. The van der Waals surface area contributed by atoms with Gasteiger partial charge in [-0.3, -0.25) is 0 Å². The van der Waals surface area contributed by atoms with Crippen LogP contribution in [0.25, 0.3) is 0 Å². The maximum Gasteiger partial charge on any atom is 0.0515 e. The molecule has 46 valence electrons. The number of fused-ring (bicyclic) bond motifs is 1. The zero-order valence-corrected chi connectivity index (χ0v) is 6.92. The lowest BCUT2D eigenvalue weighted by molar-refractivity contribution is 1.62. The summed E-state index contributed by atoms with van der Waals surface area (Å²) < 4.78 is 3.69. The van der Waals surface area contributed by atoms with Crippen molar-refractivity contribution in [2.24, 2.45) is 0 Å². The SMILES string of the molecule is C1=Ic2ccccc2N1. The molecule has 0 unspecified atom stereocenters. The summed E-state index contributed by atoms with van der Waals surface area (Å²) in [7, 11) is 0. The summed E-state index contributed by atoms with van der Waals surface area (Å²) in [6.07, 6.45) is 0. The summed E-state index contributed by atoms with van der Waals surface area (Å²) in [6.45, 7) is 0. The number of rotatable bonds is 0. The Balaban J connectivity index is 2.63. The van der Waals surface area contributed by atoms with E-state index in [1.165, 1.54) is 9.26 Å². The van der Waals surface area contributed by atoms with E-state index in [1.807, 2.05) is 0 Å². The van der Waals surface area contributed by atoms with Crippen LogP contribution in [0.3, 0.4) is 0 Å². The van der Waals surface area contributed by atoms with Crippen LogP contribution in [0, 0.1) is 3.57 Å². The molecule has 1 aliphatic rings. The van der Waals surface area contributed by atoms with E-state index in [-0.39, 0.29) is 20.7 Å². The van der Waals surface area contributed by atoms with Crippen LogP contribution < -0.4 is 5.32 Å². The standard InChI is InChI=1S/C7H6IN/c1-2-4-7-6(3-1)8-5-9-7/h1-5,9H. The third-order valence-electron chi connectivity index (χ3n) is 1.26. The van der Waals surface area contributed by atoms with Crippen LogP contribution in [0.15, 0.2) is 24.3 Å². The minimum absolute atomic E-state index is 0.186. The average Bonchev–Trinajstić information content (AvgIpc) is 2.33. The van der Waals surface area contributed by atoms with Crippen molar-refractivity contribution in [3.8, 4) is 0 Å². The molecule has 0 saturated carbocycles. The first kappa shape index (κ1) is 5.41. The normalized spacial score (nSPS) is 13.8. The number of halogens is 1. The van der Waals surface area contributed by atoms with Crippen molar-refractivity contribution in [3.05, 3.63) is 27.8 Å². The van der Waals surface area contributed by atoms with Crippen LogP contribution in [-0.4, -0.2) is 4.14 Å². The van der Waals surface area contributed by atoms with Gasteiger partial charge in [-0.15, -0.1) is 0 Å². The summed E-state index contributed by atoms with van der Waals surface area (Å²) in [4.78, 5) is 0. The first-order valence-electron chi connectivity index (χ1n) is 2.77. The maximum atomic E-state index is 3.22. The zero-order chi connectivity index (χ0) is 6.10. The Kier molecular flexibility index (Phi) is 1.26. The Morgan fingerprint density at radius 3 is 3.00 bits per heavy atom. The lowest BCUT2D eigenvalue weighted by Crippen LogP contribution is -1.86. The van der Waals surface area contributed by atoms with E-state index in [1.54, 1.807) is 0 Å². The highest BCUT2D eigenvalue weighted by atomic mass is 127. The Morgan fingerprint density at radius 1 is 1.22 bits per heavy atom. The molecule has 2 rings (SSSR count). The minimum atomic E-state index is 0.186. The van der Waals surface area contributed by atoms with Crippen molar-refractivity contribution in [2.75, 3.05) is 5.32 Å². The first-order chi connectivity index (χ1) is 4.47. The molecule has 0 amide bonds. The molecule has 1 aromatic carbocycles. The third kappa shape index (κ3) is 0.871. The van der Waals surface area contributed by atoms with Crippen molar-refractivity contribution < 1.29 is 0 Å². The van der Waals surface area contributed by atoms with Gasteiger partial charge in [0.1, 0.15) is 0 Å². The first-order valence-corrected chi connectivity index (χ1v) is 5.10. The molecule has 0 fully saturated rings. The summed E-state index contributed by atoms with van der Waals surface area (Å²) in [5.74, 6) is 0. The van der Waals surface area contributed by atoms with Gasteiger partial charge in [0, 0.05) is 7.71 Å². The van der Waals surface area contributed by atoms with E-state index in [4.69, 9.17) is 0 Å². The zero-order valence-electron chi connectivity index (χ0n) is 4.76. The van der Waals surface area contributed by atoms with E-state index in [9.17, 15) is 0 Å². The number of benzene rings is 1. The molecule has 0 saturated heterocycles. The van der Waals surface area contributed by atoms with Gasteiger partial charge in [0.15, 0.2) is 0 Å². The molecular weight excluding hydrogens is 225 g/mol. The second kappa shape index (κ2) is 2.10. The van der Waals surface area contributed by atoms with Crippen molar-refractivity contribution in [1.82, 2.24) is 0 Å². The molecule has 1 N–H and O–H groups in total. The molecule has 0 spiro atoms. The van der Waals surface area contributed by atoms with Crippen molar-refractivity contribution in [1.29, 1.82) is 0 Å². The van der Waals surface area contributed by atoms with Gasteiger partial charge in [0.2, 0.25) is 0 Å². The fraction of sp³-hybridized carbons (Fsp3) is 0. The number of hydrogen-bond acceptors (Lipinski definition) is 1. The molecule has 0 atom stereocenters. The highest BCUT2D eigenvalue weighted by Gasteiger charge is 2.00. The lowest BCUT2D eigenvalue weighted by Gasteiger charge is -1.93. The van der Waals surface area contributed by atoms with Crippen molar-refractivity contribution >= 4 is 30.6 Å². The second-order valence-electron chi connectivity index (χ2n) is 1.84. The fourth-order valence-electron chi connectivity index (χ4n) is 0.818. The quantitative estimate of drug-likeness (QED) is 0.673. The van der Waals surface area contributed by atoms with Crippen LogP contribution in [-0.2, 0) is 0 Å². The molecule has 9 heavy (non-hydrogen) atoms. The Hall–Kier alpha value is -0.380. The largest absolute Gasteiger partial charge is 0.356 e. The predicted octanol–water partition coefficient (Wildman–Crippen LogP) is 2.01. The van der Waals surface area contributed by atoms with Gasteiger partial charge in [-0.05, 0) is 12.1 Å². The monoisotopic (exact) mass is 231 g/mol. The molecule has 1 nitrogen and oxygen atoms in total. The van der Waals surface area contributed by atoms with Crippen LogP contribution >= 0.6 is 20.7 Å². The molecule has 0 radical (unpaired) electrons. The second-order valence-corrected chi connectivity index (χ2v) is 4.25. The van der Waals surface area contributed by atoms with Crippen molar-refractivity contribution in [2.45, 2.75) is 0 Å². The van der Waals surface area contributed by atoms with E-state index in [2.05, 4.69) is 33.7 Å². The van der Waals surface area contributed by atoms with Crippen molar-refractivity contribution in [3.63, 3.8) is 0 Å². The fourth-order valence-corrected chi connectivity index (χ4v) is 2.73. The summed E-state index contributed by atoms with van der Waals surface area (Å²) in [6, 6.07) is 8.48. The van der Waals surface area contributed by atoms with Gasteiger partial charge >= 0.3 is 0 Å². The van der Waals surface area contributed by atoms with Gasteiger partial charge in [0.05, 0.1) is 5.69 Å². The van der Waals surface area contributed by atoms with Crippen LogP contribution in [0.5, 0.6) is 0 Å². The molecule has 0 aromatic heterocycles. The van der Waals surface area contributed by atoms with E-state index >= 15 is 0 Å². The summed E-state index contributed by atoms with van der Waals surface area (Å²) in [5.41, 5.74) is 1.31. The number of anilines is 1. The summed E-state index contributed by atoms with van der Waals surface area (Å²) >= 11 is 0.186. The lowest BCUT2D eigenvalue weighted by atomic mass is 10.3. The van der Waals surface area contributed by atoms with E-state index in [0.29, 0.717) is 0 Å². The number of para-hydroxylation sites is 1. The minimum Gasteiger partial charge on any atom is -0.356 e. The molecule has 0 bridgehead atoms. The maximum absolute atomic E-state index is 3.22. The number of hydrogen-bond donors (Lipinski definition) is 1. The Labute approximate surface area is 63.8 Å². The van der Waals surface area contributed by atoms with E-state index in [0.717, 1.165) is 0 Å². The number of nitrogens with one attached hydrogen (secondary N) is 1. The van der Waals surface area contributed by atoms with Gasteiger partial charge in [-0.1, -0.05) is 32.9 Å². The topological polar surface area (TPSA) is 12.0 Å². The molecule has 1 heterocycles. The predicted molar refractivity (Wildman–Crippen MR) is 48.8 cm³/mol. The van der Waals surface area contributed by atoms with Gasteiger partial charge < -0.3 is 5.32 Å². The van der Waals surface area contributed by atoms with Gasteiger partial charge in [-0.2, -0.15) is 0 Å². The van der Waals surface area contributed by atoms with Gasteiger partial charge in [-0.25, -0.2) is 0 Å². The molecular formula is C7H6IN. The molecule has 1 aromatic rings. The highest BCUT2D eigenvalue weighted by molar-refractivity contribution is 14.2. The third-order valence-corrected chi connectivity index (χ3v) is 3.49. The van der Waals surface area contributed by atoms with E-state index < -0.39 is 0 Å². The Morgan fingerprint density at radius 2 is 2.11 bits per heavy atom. The van der Waals surface area contributed by atoms with Crippen LogP contribution in [0.1, 0.15) is 0 Å².